The Morgan fingerprint density at radius 3 is 2.46 bits per heavy atom. The summed E-state index contributed by atoms with van der Waals surface area (Å²) >= 11 is 0. The maximum absolute atomic E-state index is 12.9. The maximum atomic E-state index is 12.9. The number of piperidine rings is 1. The number of benzene rings is 2. The number of nitrogens with zero attached hydrogens (tertiary/aromatic N) is 3. The number of fused-ring (bicyclic) bond motifs is 1. The Bertz CT molecular complexity index is 1480. The molecule has 10 heteroatoms. The molecule has 4 heterocycles. The van der Waals surface area contributed by atoms with Gasteiger partial charge in [-0.1, -0.05) is 0 Å². The third-order valence-electron chi connectivity index (χ3n) is 7.78. The second-order valence-electron chi connectivity index (χ2n) is 10.7. The third-order valence-corrected chi connectivity index (χ3v) is 7.78. The van der Waals surface area contributed by atoms with Crippen molar-refractivity contribution in [3.05, 3.63) is 89.9 Å². The van der Waals surface area contributed by atoms with Gasteiger partial charge in [0.15, 0.2) is 5.76 Å². The number of rotatable bonds is 7. The van der Waals surface area contributed by atoms with E-state index in [4.69, 9.17) is 9.15 Å². The molecule has 4 aromatic rings. The van der Waals surface area contributed by atoms with Crippen LogP contribution >= 0.6 is 0 Å². The molecule has 7 nitrogen and oxygen atoms in total. The van der Waals surface area contributed by atoms with Gasteiger partial charge in [-0.3, -0.25) is 14.7 Å². The Morgan fingerprint density at radius 1 is 0.976 bits per heavy atom. The maximum Gasteiger partial charge on any atom is 0.416 e. The van der Waals surface area contributed by atoms with Crippen LogP contribution in [0, 0.1) is 0 Å². The Hall–Kier alpha value is -4.05. The fourth-order valence-electron chi connectivity index (χ4n) is 5.59. The average Bonchev–Trinajstić information content (AvgIpc) is 3.60. The quantitative estimate of drug-likeness (QED) is 0.302. The molecular formula is C31H31F3N4O3. The first-order chi connectivity index (χ1) is 19.8. The van der Waals surface area contributed by atoms with Crippen LogP contribution in [-0.4, -0.2) is 54.1 Å². The van der Waals surface area contributed by atoms with Crippen LogP contribution in [0.5, 0.6) is 5.75 Å². The van der Waals surface area contributed by atoms with Crippen LogP contribution in [0.25, 0.3) is 11.0 Å². The van der Waals surface area contributed by atoms with Crippen molar-refractivity contribution in [2.45, 2.75) is 44.1 Å². The summed E-state index contributed by atoms with van der Waals surface area (Å²) in [5, 5.41) is 3.89. The highest BCUT2D eigenvalue weighted by molar-refractivity contribution is 5.96. The molecule has 1 N–H and O–H groups in total. The highest BCUT2D eigenvalue weighted by Crippen LogP contribution is 2.32. The number of alkyl halides is 3. The normalized spacial score (nSPS) is 18.6. The number of pyridine rings is 1. The van der Waals surface area contributed by atoms with E-state index in [2.05, 4.69) is 20.1 Å². The van der Waals surface area contributed by atoms with Gasteiger partial charge in [0.1, 0.15) is 17.4 Å². The van der Waals surface area contributed by atoms with E-state index in [1.54, 1.807) is 18.5 Å². The van der Waals surface area contributed by atoms with Gasteiger partial charge in [-0.2, -0.15) is 13.2 Å². The van der Waals surface area contributed by atoms with E-state index in [0.717, 1.165) is 62.1 Å². The van der Waals surface area contributed by atoms with E-state index >= 15 is 0 Å². The van der Waals surface area contributed by atoms with E-state index in [9.17, 15) is 18.0 Å². The zero-order valence-corrected chi connectivity index (χ0v) is 22.4. The van der Waals surface area contributed by atoms with Crippen LogP contribution in [0.4, 0.5) is 18.9 Å². The number of ether oxygens (including phenoxy) is 1. The smallest absolute Gasteiger partial charge is 0.416 e. The fraction of sp³-hybridized carbons (Fsp3) is 0.355. The highest BCUT2D eigenvalue weighted by Gasteiger charge is 2.30. The summed E-state index contributed by atoms with van der Waals surface area (Å²) in [5.41, 5.74) is 1.95. The van der Waals surface area contributed by atoms with Gasteiger partial charge in [0.25, 0.3) is 5.91 Å². The number of carbonyl (C=O) groups excluding carboxylic acids is 1. The molecule has 0 bridgehead atoms. The minimum atomic E-state index is -4.33. The first-order valence-electron chi connectivity index (χ1n) is 13.8. The Balaban J connectivity index is 1.01. The molecule has 0 saturated carbocycles. The molecule has 2 aromatic heterocycles. The van der Waals surface area contributed by atoms with E-state index in [0.29, 0.717) is 24.4 Å². The van der Waals surface area contributed by atoms with Gasteiger partial charge in [0.2, 0.25) is 0 Å². The van der Waals surface area contributed by atoms with Crippen molar-refractivity contribution in [1.82, 2.24) is 15.2 Å². The molecule has 0 unspecified atom stereocenters. The number of aromatic nitrogens is 1. The number of anilines is 1. The lowest BCUT2D eigenvalue weighted by Crippen LogP contribution is -2.38. The third kappa shape index (κ3) is 6.48. The summed E-state index contributed by atoms with van der Waals surface area (Å²) in [7, 11) is 0. The Kier molecular flexibility index (Phi) is 7.57. The molecule has 0 radical (unpaired) electrons. The van der Waals surface area contributed by atoms with Gasteiger partial charge in [0, 0.05) is 75.1 Å². The minimum Gasteiger partial charge on any atom is -0.490 e. The van der Waals surface area contributed by atoms with E-state index in [1.807, 2.05) is 30.3 Å². The number of furan rings is 1. The van der Waals surface area contributed by atoms with Crippen molar-refractivity contribution >= 4 is 22.6 Å². The van der Waals surface area contributed by atoms with Crippen LogP contribution in [-0.2, 0) is 12.7 Å². The second kappa shape index (κ2) is 11.4. The molecule has 2 aliphatic heterocycles. The number of carbonyl (C=O) groups is 1. The van der Waals surface area contributed by atoms with Gasteiger partial charge >= 0.3 is 6.18 Å². The molecule has 0 spiro atoms. The van der Waals surface area contributed by atoms with Crippen molar-refractivity contribution in [3.63, 3.8) is 0 Å². The number of amides is 1. The van der Waals surface area contributed by atoms with Crippen molar-refractivity contribution in [2.75, 3.05) is 31.1 Å². The summed E-state index contributed by atoms with van der Waals surface area (Å²) in [6.07, 6.45) is 1.61. The van der Waals surface area contributed by atoms with Crippen LogP contribution in [0.3, 0.4) is 0 Å². The van der Waals surface area contributed by atoms with E-state index in [1.165, 1.54) is 17.7 Å². The molecule has 0 aliphatic carbocycles. The van der Waals surface area contributed by atoms with Gasteiger partial charge in [-0.15, -0.1) is 0 Å². The van der Waals surface area contributed by atoms with Crippen molar-refractivity contribution < 1.29 is 27.1 Å². The second-order valence-corrected chi connectivity index (χ2v) is 10.7. The van der Waals surface area contributed by atoms with Gasteiger partial charge in [-0.25, -0.2) is 0 Å². The van der Waals surface area contributed by atoms with Crippen molar-refractivity contribution in [1.29, 1.82) is 0 Å². The average molecular weight is 565 g/mol. The molecule has 2 aliphatic rings. The molecule has 6 rings (SSSR count). The first-order valence-corrected chi connectivity index (χ1v) is 13.8. The van der Waals surface area contributed by atoms with Crippen molar-refractivity contribution in [2.24, 2.45) is 0 Å². The number of likely N-dealkylation sites (tertiary alicyclic amines) is 1. The lowest BCUT2D eigenvalue weighted by molar-refractivity contribution is -0.137. The molecule has 2 aromatic carbocycles. The molecule has 214 valence electrons. The predicted octanol–water partition coefficient (Wildman–Crippen LogP) is 5.90. The zero-order valence-electron chi connectivity index (χ0n) is 22.4. The molecule has 2 fully saturated rings. The number of hydrogen-bond acceptors (Lipinski definition) is 6. The summed E-state index contributed by atoms with van der Waals surface area (Å²) in [6, 6.07) is 16.6. The van der Waals surface area contributed by atoms with Crippen molar-refractivity contribution in [3.8, 4) is 5.75 Å². The number of nitrogens with one attached hydrogen (secondary N) is 1. The Labute approximate surface area is 235 Å². The lowest BCUT2D eigenvalue weighted by atomic mass is 10.1. The summed E-state index contributed by atoms with van der Waals surface area (Å²) in [5.74, 6) is 0.741. The Morgan fingerprint density at radius 2 is 1.73 bits per heavy atom. The monoisotopic (exact) mass is 564 g/mol. The number of halogens is 3. The molecule has 1 atom stereocenters. The van der Waals surface area contributed by atoms with E-state index in [-0.39, 0.29) is 23.8 Å². The largest absolute Gasteiger partial charge is 0.490 e. The fourth-order valence-corrected chi connectivity index (χ4v) is 5.59. The van der Waals surface area contributed by atoms with Crippen LogP contribution in [0.2, 0.25) is 0 Å². The zero-order chi connectivity index (χ0) is 28.4. The molecular weight excluding hydrogens is 533 g/mol. The van der Waals surface area contributed by atoms with Gasteiger partial charge in [0.05, 0.1) is 5.56 Å². The topological polar surface area (TPSA) is 70.8 Å². The van der Waals surface area contributed by atoms with E-state index < -0.39 is 11.7 Å². The van der Waals surface area contributed by atoms with Crippen LogP contribution in [0.15, 0.2) is 77.5 Å². The SMILES string of the molecule is O=C(N[C@@H]1CCN(Cc2ccncc2)C1)c1cc2cc(OC3CCN(c4ccc(C(F)(F)F)cc4)CC3)ccc2o1. The summed E-state index contributed by atoms with van der Waals surface area (Å²) < 4.78 is 50.6. The van der Waals surface area contributed by atoms with Crippen LogP contribution < -0.4 is 15.0 Å². The number of hydrogen-bond donors (Lipinski definition) is 1. The minimum absolute atomic E-state index is 0.00900. The first kappa shape index (κ1) is 27.1. The summed E-state index contributed by atoms with van der Waals surface area (Å²) in [4.78, 5) is 21.4. The van der Waals surface area contributed by atoms with Gasteiger partial charge < -0.3 is 19.4 Å². The predicted molar refractivity (Wildman–Crippen MR) is 149 cm³/mol. The lowest BCUT2D eigenvalue weighted by Gasteiger charge is -2.33. The molecule has 41 heavy (non-hydrogen) atoms. The van der Waals surface area contributed by atoms with Crippen LogP contribution in [0.1, 0.15) is 40.9 Å². The standard InChI is InChI=1S/C31H31F3N4O3/c32-31(33,34)23-1-3-25(4-2-23)38-15-10-26(11-16-38)40-27-5-6-28-22(17-27)18-29(41-28)30(39)36-24-9-14-37(20-24)19-21-7-12-35-13-8-21/h1-8,12-13,17-18,24,26H,9-11,14-16,19-20H2,(H,36,39)/t24-/m1/s1. The highest BCUT2D eigenvalue weighted by atomic mass is 19.4. The molecule has 2 saturated heterocycles. The molecule has 1 amide bonds. The summed E-state index contributed by atoms with van der Waals surface area (Å²) in [6.45, 7) is 3.91. The van der Waals surface area contributed by atoms with Gasteiger partial charge in [-0.05, 0) is 72.6 Å².